The summed E-state index contributed by atoms with van der Waals surface area (Å²) < 4.78 is 38.9. The van der Waals surface area contributed by atoms with Gasteiger partial charge in [0.25, 0.3) is 0 Å². The van der Waals surface area contributed by atoms with Crippen LogP contribution < -0.4 is 15.8 Å². The molecule has 0 atom stereocenters. The molecule has 0 bridgehead atoms. The largest absolute Gasteiger partial charge is 0.490 e. The van der Waals surface area contributed by atoms with Crippen LogP contribution in [0, 0.1) is 0 Å². The number of aromatic nitrogens is 6. The summed E-state index contributed by atoms with van der Waals surface area (Å²) in [4.78, 5) is 38.6. The van der Waals surface area contributed by atoms with Crippen molar-refractivity contribution in [1.29, 1.82) is 0 Å². The predicted octanol–water partition coefficient (Wildman–Crippen LogP) is 3.78. The molecule has 216 valence electrons. The van der Waals surface area contributed by atoms with E-state index in [0.717, 1.165) is 46.5 Å². The summed E-state index contributed by atoms with van der Waals surface area (Å²) >= 11 is 0. The van der Waals surface area contributed by atoms with Gasteiger partial charge in [-0.25, -0.2) is 19.4 Å². The van der Waals surface area contributed by atoms with Gasteiger partial charge in [-0.15, -0.1) is 5.10 Å². The number of carboxylic acids is 1. The molecular weight excluding hydrogens is 557 g/mol. The van der Waals surface area contributed by atoms with Crippen molar-refractivity contribution in [3.63, 3.8) is 0 Å². The standard InChI is InChI=1S/C25H22N8O2.C2HF3O2/c34-23-8-3-18(14-26-23)17-1-2-19-15-27-24(30-22(19)13-17)29-20-4-6-21(7-5-20)33-16-28-25(31-33)32-9-11-35-12-10-32;3-2(4,5)1(6)7/h1-8,13-16H,9-12H2,(H,26,34)(H,27,29,30);(H,6,7). The minimum atomic E-state index is -5.08. The number of H-pyrrole nitrogens is 1. The lowest BCUT2D eigenvalue weighted by Crippen LogP contribution is -2.37. The number of hydrogen-bond donors (Lipinski definition) is 3. The fourth-order valence-corrected chi connectivity index (χ4v) is 3.97. The Morgan fingerprint density at radius 1 is 1.00 bits per heavy atom. The summed E-state index contributed by atoms with van der Waals surface area (Å²) in [5, 5.41) is 15.9. The van der Waals surface area contributed by atoms with Crippen LogP contribution >= 0.6 is 0 Å². The van der Waals surface area contributed by atoms with Gasteiger partial charge in [0.2, 0.25) is 17.5 Å². The number of nitrogens with one attached hydrogen (secondary N) is 2. The van der Waals surface area contributed by atoms with Crippen LogP contribution in [0.2, 0.25) is 0 Å². The van der Waals surface area contributed by atoms with Gasteiger partial charge in [-0.2, -0.15) is 18.2 Å². The Bertz CT molecular complexity index is 1730. The fraction of sp³-hybridized carbons (Fsp3) is 0.185. The minimum absolute atomic E-state index is 0.129. The SMILES string of the molecule is O=C(O)C(F)(F)F.O=c1ccc(-c2ccc3cnc(Nc4ccc(-n5cnc(N6CCOCC6)n5)cc4)nc3c2)c[nH]1. The van der Waals surface area contributed by atoms with Crippen LogP contribution in [0.4, 0.5) is 30.8 Å². The number of morpholine rings is 1. The Hall–Kier alpha value is -5.31. The van der Waals surface area contributed by atoms with E-state index in [-0.39, 0.29) is 5.56 Å². The lowest BCUT2D eigenvalue weighted by molar-refractivity contribution is -0.192. The molecule has 1 saturated heterocycles. The number of ether oxygens (including phenoxy) is 1. The maximum atomic E-state index is 11.4. The zero-order valence-electron chi connectivity index (χ0n) is 21.7. The van der Waals surface area contributed by atoms with Gasteiger partial charge in [-0.1, -0.05) is 12.1 Å². The third-order valence-electron chi connectivity index (χ3n) is 6.10. The molecule has 1 fully saturated rings. The lowest BCUT2D eigenvalue weighted by atomic mass is 10.1. The topological polar surface area (TPSA) is 151 Å². The zero-order valence-corrected chi connectivity index (χ0v) is 21.7. The maximum Gasteiger partial charge on any atom is 0.490 e. The van der Waals surface area contributed by atoms with E-state index in [1.54, 1.807) is 29.5 Å². The Morgan fingerprint density at radius 2 is 1.71 bits per heavy atom. The van der Waals surface area contributed by atoms with E-state index in [9.17, 15) is 18.0 Å². The van der Waals surface area contributed by atoms with Gasteiger partial charge < -0.3 is 25.0 Å². The number of hydrogen-bond acceptors (Lipinski definition) is 9. The van der Waals surface area contributed by atoms with Gasteiger partial charge in [0, 0.05) is 42.6 Å². The summed E-state index contributed by atoms with van der Waals surface area (Å²) in [6.45, 7) is 2.98. The van der Waals surface area contributed by atoms with Crippen molar-refractivity contribution in [1.82, 2.24) is 29.7 Å². The van der Waals surface area contributed by atoms with E-state index in [1.807, 2.05) is 42.5 Å². The van der Waals surface area contributed by atoms with Crippen LogP contribution in [-0.4, -0.2) is 73.3 Å². The number of benzene rings is 2. The highest BCUT2D eigenvalue weighted by Gasteiger charge is 2.38. The number of fused-ring (bicyclic) bond motifs is 1. The van der Waals surface area contributed by atoms with Crippen LogP contribution in [0.3, 0.4) is 0 Å². The summed E-state index contributed by atoms with van der Waals surface area (Å²) in [6, 6.07) is 17.1. The minimum Gasteiger partial charge on any atom is -0.475 e. The van der Waals surface area contributed by atoms with Gasteiger partial charge in [0.15, 0.2) is 0 Å². The zero-order chi connectivity index (χ0) is 29.7. The summed E-state index contributed by atoms with van der Waals surface area (Å²) in [5.41, 5.74) is 4.33. The monoisotopic (exact) mass is 580 g/mol. The third kappa shape index (κ3) is 6.87. The first-order valence-electron chi connectivity index (χ1n) is 12.5. The second-order valence-corrected chi connectivity index (χ2v) is 8.97. The van der Waals surface area contributed by atoms with E-state index in [4.69, 9.17) is 14.6 Å². The lowest BCUT2D eigenvalue weighted by Gasteiger charge is -2.25. The highest BCUT2D eigenvalue weighted by molar-refractivity contribution is 5.84. The number of anilines is 3. The molecular formula is C27H23F3N8O4. The number of rotatable bonds is 5. The van der Waals surface area contributed by atoms with Crippen molar-refractivity contribution >= 4 is 34.5 Å². The molecule has 0 unspecified atom stereocenters. The normalized spacial score (nSPS) is 13.4. The van der Waals surface area contributed by atoms with E-state index in [0.29, 0.717) is 25.1 Å². The van der Waals surface area contributed by atoms with Crippen molar-refractivity contribution in [2.45, 2.75) is 6.18 Å². The molecule has 12 nitrogen and oxygen atoms in total. The number of aromatic amines is 1. The highest BCUT2D eigenvalue weighted by Crippen LogP contribution is 2.24. The molecule has 0 aliphatic carbocycles. The molecule has 1 aliphatic heterocycles. The number of halogens is 3. The number of aliphatic carboxylic acids is 1. The fourth-order valence-electron chi connectivity index (χ4n) is 3.97. The Balaban J connectivity index is 0.000000451. The smallest absolute Gasteiger partial charge is 0.475 e. The van der Waals surface area contributed by atoms with Crippen molar-refractivity contribution in [2.24, 2.45) is 0 Å². The molecule has 1 aliphatic rings. The van der Waals surface area contributed by atoms with Crippen molar-refractivity contribution in [3.8, 4) is 16.8 Å². The third-order valence-corrected chi connectivity index (χ3v) is 6.10. The highest BCUT2D eigenvalue weighted by atomic mass is 19.4. The van der Waals surface area contributed by atoms with E-state index >= 15 is 0 Å². The summed E-state index contributed by atoms with van der Waals surface area (Å²) in [5.74, 6) is -1.55. The van der Waals surface area contributed by atoms with Gasteiger partial charge in [0.1, 0.15) is 6.33 Å². The molecule has 6 rings (SSSR count). The molecule has 5 aromatic rings. The number of carboxylic acid groups (broad SMARTS) is 1. The molecule has 3 N–H and O–H groups in total. The van der Waals surface area contributed by atoms with Gasteiger partial charge in [0.05, 0.1) is 24.4 Å². The number of nitrogens with zero attached hydrogens (tertiary/aromatic N) is 6. The Morgan fingerprint density at radius 3 is 2.38 bits per heavy atom. The number of pyridine rings is 1. The van der Waals surface area contributed by atoms with Crippen LogP contribution in [0.1, 0.15) is 0 Å². The van der Waals surface area contributed by atoms with Crippen molar-refractivity contribution in [3.05, 3.63) is 83.7 Å². The predicted molar refractivity (Wildman–Crippen MR) is 147 cm³/mol. The van der Waals surface area contributed by atoms with Crippen LogP contribution in [0.25, 0.3) is 27.7 Å². The summed E-state index contributed by atoms with van der Waals surface area (Å²) in [7, 11) is 0. The molecule has 2 aromatic carbocycles. The molecule has 0 spiro atoms. The molecule has 15 heteroatoms. The molecule has 0 radical (unpaired) electrons. The molecule has 4 heterocycles. The number of carbonyl (C=O) groups is 1. The first-order chi connectivity index (χ1) is 20.2. The van der Waals surface area contributed by atoms with Crippen LogP contribution in [0.5, 0.6) is 0 Å². The Labute approximate surface area is 235 Å². The van der Waals surface area contributed by atoms with Crippen molar-refractivity contribution in [2.75, 3.05) is 36.5 Å². The second kappa shape index (κ2) is 12.1. The van der Waals surface area contributed by atoms with E-state index in [1.165, 1.54) is 6.07 Å². The first kappa shape index (κ1) is 28.2. The molecule has 3 aromatic heterocycles. The van der Waals surface area contributed by atoms with E-state index < -0.39 is 12.1 Å². The summed E-state index contributed by atoms with van der Waals surface area (Å²) in [6.07, 6.45) is 0.127. The second-order valence-electron chi connectivity index (χ2n) is 8.97. The van der Waals surface area contributed by atoms with Crippen LogP contribution in [-0.2, 0) is 9.53 Å². The average Bonchev–Trinajstić information content (AvgIpc) is 3.48. The molecule has 0 saturated carbocycles. The quantitative estimate of drug-likeness (QED) is 0.280. The molecule has 42 heavy (non-hydrogen) atoms. The van der Waals surface area contributed by atoms with Crippen molar-refractivity contribution < 1.29 is 27.8 Å². The maximum absolute atomic E-state index is 11.4. The van der Waals surface area contributed by atoms with E-state index in [2.05, 4.69) is 35.3 Å². The van der Waals surface area contributed by atoms with Gasteiger partial charge in [-0.05, 0) is 47.5 Å². The van der Waals surface area contributed by atoms with Gasteiger partial charge in [-0.3, -0.25) is 4.79 Å². The first-order valence-corrected chi connectivity index (χ1v) is 12.5. The number of alkyl halides is 3. The Kier molecular flexibility index (Phi) is 8.10. The average molecular weight is 581 g/mol. The molecule has 0 amide bonds. The van der Waals surface area contributed by atoms with Gasteiger partial charge >= 0.3 is 12.1 Å². The van der Waals surface area contributed by atoms with Crippen LogP contribution in [0.15, 0.2) is 78.1 Å².